The molecule has 0 aliphatic carbocycles. The van der Waals surface area contributed by atoms with Crippen molar-refractivity contribution in [3.05, 3.63) is 0 Å². The molecule has 0 saturated carbocycles. The van der Waals surface area contributed by atoms with Gasteiger partial charge in [0.2, 0.25) is 0 Å². The third-order valence-electron chi connectivity index (χ3n) is 2.98. The van der Waals surface area contributed by atoms with Gasteiger partial charge in [-0.25, -0.2) is 0 Å². The molecule has 0 aromatic rings. The van der Waals surface area contributed by atoms with Crippen molar-refractivity contribution >= 4 is 5.97 Å². The van der Waals surface area contributed by atoms with E-state index in [0.717, 1.165) is 32.4 Å². The summed E-state index contributed by atoms with van der Waals surface area (Å²) in [4.78, 5) is 13.2. The molecule has 3 nitrogen and oxygen atoms in total. The molecule has 1 aliphatic rings. The van der Waals surface area contributed by atoms with Gasteiger partial charge in [-0.15, -0.1) is 0 Å². The molecule has 1 rings (SSSR count). The SMILES string of the molecule is CCC[C@H](C(=O)O)N1CCC[C@@H](C)C1. The van der Waals surface area contributed by atoms with E-state index >= 15 is 0 Å². The molecule has 1 heterocycles. The van der Waals surface area contributed by atoms with E-state index in [9.17, 15) is 4.79 Å². The lowest BCUT2D eigenvalue weighted by Crippen LogP contribution is -2.46. The van der Waals surface area contributed by atoms with Crippen molar-refractivity contribution in [1.29, 1.82) is 0 Å². The molecule has 0 spiro atoms. The first-order chi connectivity index (χ1) is 6.65. The fourth-order valence-electron chi connectivity index (χ4n) is 2.24. The fraction of sp³-hybridized carbons (Fsp3) is 0.909. The van der Waals surface area contributed by atoms with Crippen molar-refractivity contribution in [1.82, 2.24) is 4.90 Å². The van der Waals surface area contributed by atoms with Crippen LogP contribution in [0.2, 0.25) is 0 Å². The van der Waals surface area contributed by atoms with Gasteiger partial charge in [0, 0.05) is 6.54 Å². The number of carboxylic acid groups (broad SMARTS) is 1. The Balaban J connectivity index is 2.53. The predicted octanol–water partition coefficient (Wildman–Crippen LogP) is 1.97. The minimum atomic E-state index is -0.652. The average Bonchev–Trinajstić information content (AvgIpc) is 2.13. The minimum Gasteiger partial charge on any atom is -0.480 e. The molecule has 2 atom stereocenters. The molecule has 1 saturated heterocycles. The zero-order chi connectivity index (χ0) is 10.6. The quantitative estimate of drug-likeness (QED) is 0.752. The lowest BCUT2D eigenvalue weighted by atomic mass is 9.97. The first-order valence-electron chi connectivity index (χ1n) is 5.62. The monoisotopic (exact) mass is 199 g/mol. The molecule has 1 aliphatic heterocycles. The Labute approximate surface area is 86.1 Å². The van der Waals surface area contributed by atoms with Crippen LogP contribution in [-0.2, 0) is 4.79 Å². The maximum Gasteiger partial charge on any atom is 0.320 e. The summed E-state index contributed by atoms with van der Waals surface area (Å²) in [5.74, 6) is 0.00315. The first-order valence-corrected chi connectivity index (χ1v) is 5.62. The van der Waals surface area contributed by atoms with Crippen LogP contribution in [0.3, 0.4) is 0 Å². The van der Waals surface area contributed by atoms with Gasteiger partial charge < -0.3 is 5.11 Å². The molecule has 82 valence electrons. The lowest BCUT2D eigenvalue weighted by molar-refractivity contribution is -0.144. The molecular formula is C11H21NO2. The molecule has 0 aromatic carbocycles. The van der Waals surface area contributed by atoms with Crippen LogP contribution in [0.15, 0.2) is 0 Å². The Morgan fingerprint density at radius 2 is 2.36 bits per heavy atom. The van der Waals surface area contributed by atoms with Crippen LogP contribution in [0.4, 0.5) is 0 Å². The van der Waals surface area contributed by atoms with Crippen molar-refractivity contribution < 1.29 is 9.90 Å². The van der Waals surface area contributed by atoms with Gasteiger partial charge in [0.25, 0.3) is 0 Å². The second kappa shape index (κ2) is 5.35. The smallest absolute Gasteiger partial charge is 0.320 e. The van der Waals surface area contributed by atoms with E-state index in [1.807, 2.05) is 6.92 Å². The summed E-state index contributed by atoms with van der Waals surface area (Å²) in [5.41, 5.74) is 0. The van der Waals surface area contributed by atoms with E-state index in [0.29, 0.717) is 5.92 Å². The van der Waals surface area contributed by atoms with Gasteiger partial charge in [0.15, 0.2) is 0 Å². The summed E-state index contributed by atoms with van der Waals surface area (Å²) in [6.45, 7) is 6.17. The normalized spacial score (nSPS) is 26.0. The van der Waals surface area contributed by atoms with Crippen LogP contribution in [0.5, 0.6) is 0 Å². The van der Waals surface area contributed by atoms with Crippen molar-refractivity contribution in [3.8, 4) is 0 Å². The highest BCUT2D eigenvalue weighted by Gasteiger charge is 2.27. The maximum absolute atomic E-state index is 11.1. The minimum absolute atomic E-state index is 0.247. The Morgan fingerprint density at radius 3 is 2.86 bits per heavy atom. The highest BCUT2D eigenvalue weighted by Crippen LogP contribution is 2.19. The third kappa shape index (κ3) is 2.98. The van der Waals surface area contributed by atoms with Gasteiger partial charge >= 0.3 is 5.97 Å². The van der Waals surface area contributed by atoms with E-state index in [1.54, 1.807) is 0 Å². The molecule has 1 fully saturated rings. The summed E-state index contributed by atoms with van der Waals surface area (Å²) < 4.78 is 0. The van der Waals surface area contributed by atoms with Gasteiger partial charge in [-0.1, -0.05) is 20.3 Å². The third-order valence-corrected chi connectivity index (χ3v) is 2.98. The number of hydrogen-bond donors (Lipinski definition) is 1. The van der Waals surface area contributed by atoms with Crippen molar-refractivity contribution in [2.24, 2.45) is 5.92 Å². The number of likely N-dealkylation sites (tertiary alicyclic amines) is 1. The molecule has 0 unspecified atom stereocenters. The van der Waals surface area contributed by atoms with Crippen LogP contribution in [0.25, 0.3) is 0 Å². The molecule has 3 heteroatoms. The van der Waals surface area contributed by atoms with Crippen LogP contribution < -0.4 is 0 Å². The number of hydrogen-bond acceptors (Lipinski definition) is 2. The lowest BCUT2D eigenvalue weighted by Gasteiger charge is -2.35. The summed E-state index contributed by atoms with van der Waals surface area (Å²) in [7, 11) is 0. The largest absolute Gasteiger partial charge is 0.480 e. The van der Waals surface area contributed by atoms with E-state index < -0.39 is 5.97 Å². The fourth-order valence-corrected chi connectivity index (χ4v) is 2.24. The van der Waals surface area contributed by atoms with Gasteiger partial charge in [0.05, 0.1) is 0 Å². The summed E-state index contributed by atoms with van der Waals surface area (Å²) >= 11 is 0. The molecule has 1 N–H and O–H groups in total. The Hall–Kier alpha value is -0.570. The van der Waals surface area contributed by atoms with E-state index in [-0.39, 0.29) is 6.04 Å². The summed E-state index contributed by atoms with van der Waals surface area (Å²) in [6, 6.07) is -0.247. The van der Waals surface area contributed by atoms with Crippen molar-refractivity contribution in [2.75, 3.05) is 13.1 Å². The number of carboxylic acids is 1. The Kier molecular flexibility index (Phi) is 4.39. The van der Waals surface area contributed by atoms with Crippen LogP contribution in [0.1, 0.15) is 39.5 Å². The Morgan fingerprint density at radius 1 is 1.64 bits per heavy atom. The maximum atomic E-state index is 11.1. The topological polar surface area (TPSA) is 40.5 Å². The molecule has 0 radical (unpaired) electrons. The zero-order valence-electron chi connectivity index (χ0n) is 9.20. The van der Waals surface area contributed by atoms with E-state index in [2.05, 4.69) is 11.8 Å². The summed E-state index contributed by atoms with van der Waals surface area (Å²) in [5, 5.41) is 9.10. The van der Waals surface area contributed by atoms with E-state index in [1.165, 1.54) is 6.42 Å². The molecule has 0 bridgehead atoms. The van der Waals surface area contributed by atoms with E-state index in [4.69, 9.17) is 5.11 Å². The van der Waals surface area contributed by atoms with Crippen LogP contribution in [-0.4, -0.2) is 35.1 Å². The van der Waals surface area contributed by atoms with Gasteiger partial charge in [0.1, 0.15) is 6.04 Å². The Bertz CT molecular complexity index is 194. The van der Waals surface area contributed by atoms with Crippen LogP contribution >= 0.6 is 0 Å². The number of carbonyl (C=O) groups is 1. The average molecular weight is 199 g/mol. The number of piperidine rings is 1. The van der Waals surface area contributed by atoms with Gasteiger partial charge in [-0.05, 0) is 31.7 Å². The summed E-state index contributed by atoms with van der Waals surface area (Å²) in [6.07, 6.45) is 4.12. The van der Waals surface area contributed by atoms with Crippen molar-refractivity contribution in [3.63, 3.8) is 0 Å². The predicted molar refractivity (Wildman–Crippen MR) is 56.3 cm³/mol. The number of rotatable bonds is 4. The van der Waals surface area contributed by atoms with Crippen molar-refractivity contribution in [2.45, 2.75) is 45.6 Å². The first kappa shape index (κ1) is 11.5. The highest BCUT2D eigenvalue weighted by atomic mass is 16.4. The van der Waals surface area contributed by atoms with Gasteiger partial charge in [-0.3, -0.25) is 9.69 Å². The second-order valence-corrected chi connectivity index (χ2v) is 4.39. The zero-order valence-corrected chi connectivity index (χ0v) is 9.20. The molecular weight excluding hydrogens is 178 g/mol. The molecule has 0 aromatic heterocycles. The standard InChI is InChI=1S/C11H21NO2/c1-3-5-10(11(13)14)12-7-4-6-9(2)8-12/h9-10H,3-8H2,1-2H3,(H,13,14)/t9-,10-/m1/s1. The van der Waals surface area contributed by atoms with Gasteiger partial charge in [-0.2, -0.15) is 0 Å². The number of nitrogens with zero attached hydrogens (tertiary/aromatic N) is 1. The molecule has 0 amide bonds. The second-order valence-electron chi connectivity index (χ2n) is 4.39. The molecule has 14 heavy (non-hydrogen) atoms. The highest BCUT2D eigenvalue weighted by molar-refractivity contribution is 5.73. The number of aliphatic carboxylic acids is 1. The van der Waals surface area contributed by atoms with Crippen LogP contribution in [0, 0.1) is 5.92 Å².